The number of carbonyl (C=O) groups is 1. The molecule has 0 aromatic carbocycles. The number of nitrogens with one attached hydrogen (secondary N) is 1. The van der Waals surface area contributed by atoms with Gasteiger partial charge in [0.15, 0.2) is 0 Å². The number of hydrogen-bond donors (Lipinski definition) is 1. The summed E-state index contributed by atoms with van der Waals surface area (Å²) in [5.41, 5.74) is 1.56. The topological polar surface area (TPSA) is 76.9 Å². The van der Waals surface area contributed by atoms with E-state index in [0.717, 1.165) is 31.9 Å². The second-order valence-corrected chi connectivity index (χ2v) is 7.41. The van der Waals surface area contributed by atoms with Gasteiger partial charge in [-0.2, -0.15) is 0 Å². The standard InChI is InChI=1S/C22H23FN4O2/c1-2-27-20-14(10-15(12-25-20)19-9-8-16(23)13-24-19)11-18(22(27)29)21(28)26-17-6-4-3-5-7-17/h8-13,17H,2-7H2,1H3,(H,26,28). The summed E-state index contributed by atoms with van der Waals surface area (Å²) in [6, 6.07) is 6.45. The first-order valence-corrected chi connectivity index (χ1v) is 10.0. The number of pyridine rings is 3. The van der Waals surface area contributed by atoms with Crippen LogP contribution in [0, 0.1) is 5.82 Å². The number of rotatable bonds is 4. The molecule has 150 valence electrons. The Morgan fingerprint density at radius 3 is 2.66 bits per heavy atom. The molecular formula is C22H23FN4O2. The van der Waals surface area contributed by atoms with Crippen molar-refractivity contribution in [2.24, 2.45) is 0 Å². The van der Waals surface area contributed by atoms with Gasteiger partial charge in [0.2, 0.25) is 0 Å². The van der Waals surface area contributed by atoms with Crippen molar-refractivity contribution in [2.75, 3.05) is 0 Å². The number of nitrogens with zero attached hydrogens (tertiary/aromatic N) is 3. The van der Waals surface area contributed by atoms with Gasteiger partial charge < -0.3 is 5.32 Å². The molecule has 0 saturated heterocycles. The molecule has 1 aliphatic rings. The van der Waals surface area contributed by atoms with Crippen molar-refractivity contribution in [1.82, 2.24) is 19.9 Å². The van der Waals surface area contributed by atoms with Gasteiger partial charge in [0.1, 0.15) is 17.0 Å². The normalized spacial score (nSPS) is 14.8. The van der Waals surface area contributed by atoms with Crippen molar-refractivity contribution >= 4 is 16.9 Å². The van der Waals surface area contributed by atoms with E-state index < -0.39 is 5.82 Å². The molecule has 0 atom stereocenters. The maximum Gasteiger partial charge on any atom is 0.265 e. The lowest BCUT2D eigenvalue weighted by molar-refractivity contribution is 0.0926. The van der Waals surface area contributed by atoms with Crippen LogP contribution in [0.1, 0.15) is 49.4 Å². The van der Waals surface area contributed by atoms with Crippen LogP contribution in [-0.2, 0) is 6.54 Å². The van der Waals surface area contributed by atoms with Gasteiger partial charge in [-0.25, -0.2) is 9.37 Å². The van der Waals surface area contributed by atoms with Crippen LogP contribution in [0.4, 0.5) is 4.39 Å². The molecule has 6 nitrogen and oxygen atoms in total. The van der Waals surface area contributed by atoms with Crippen LogP contribution in [0.3, 0.4) is 0 Å². The number of halogens is 1. The fourth-order valence-corrected chi connectivity index (χ4v) is 3.92. The summed E-state index contributed by atoms with van der Waals surface area (Å²) >= 11 is 0. The molecule has 4 rings (SSSR count). The molecule has 7 heteroatoms. The zero-order valence-corrected chi connectivity index (χ0v) is 16.3. The summed E-state index contributed by atoms with van der Waals surface area (Å²) in [4.78, 5) is 34.2. The molecule has 3 aromatic heterocycles. The number of aryl methyl sites for hydroxylation is 1. The van der Waals surface area contributed by atoms with Crippen molar-refractivity contribution in [2.45, 2.75) is 51.6 Å². The van der Waals surface area contributed by atoms with Crippen LogP contribution in [0.15, 0.2) is 41.5 Å². The van der Waals surface area contributed by atoms with Crippen molar-refractivity contribution in [3.05, 3.63) is 58.4 Å². The highest BCUT2D eigenvalue weighted by atomic mass is 19.1. The van der Waals surface area contributed by atoms with Crippen LogP contribution in [-0.4, -0.2) is 26.5 Å². The minimum absolute atomic E-state index is 0.120. The smallest absolute Gasteiger partial charge is 0.265 e. The Labute approximate surface area is 167 Å². The van der Waals surface area contributed by atoms with Crippen molar-refractivity contribution < 1.29 is 9.18 Å². The van der Waals surface area contributed by atoms with Crippen LogP contribution >= 0.6 is 0 Å². The van der Waals surface area contributed by atoms with E-state index in [1.165, 1.54) is 17.1 Å². The molecule has 29 heavy (non-hydrogen) atoms. The Morgan fingerprint density at radius 1 is 1.17 bits per heavy atom. The van der Waals surface area contributed by atoms with E-state index in [4.69, 9.17) is 0 Å². The molecule has 0 bridgehead atoms. The Morgan fingerprint density at radius 2 is 1.97 bits per heavy atom. The Bertz CT molecular complexity index is 1100. The highest BCUT2D eigenvalue weighted by molar-refractivity contribution is 5.97. The summed E-state index contributed by atoms with van der Waals surface area (Å²) in [6.07, 6.45) is 8.04. The third-order valence-electron chi connectivity index (χ3n) is 5.45. The zero-order valence-electron chi connectivity index (χ0n) is 16.3. The Kier molecular flexibility index (Phi) is 5.38. The molecule has 3 aromatic rings. The second-order valence-electron chi connectivity index (χ2n) is 7.41. The van der Waals surface area contributed by atoms with Gasteiger partial charge in [-0.3, -0.25) is 19.1 Å². The summed E-state index contributed by atoms with van der Waals surface area (Å²) in [5.74, 6) is -0.750. The lowest BCUT2D eigenvalue weighted by Gasteiger charge is -2.22. The molecule has 1 saturated carbocycles. The van der Waals surface area contributed by atoms with Crippen LogP contribution in [0.2, 0.25) is 0 Å². The van der Waals surface area contributed by atoms with Crippen molar-refractivity contribution in [1.29, 1.82) is 0 Å². The quantitative estimate of drug-likeness (QED) is 0.732. The van der Waals surface area contributed by atoms with Crippen molar-refractivity contribution in [3.63, 3.8) is 0 Å². The SMILES string of the molecule is CCn1c(=O)c(C(=O)NC2CCCCC2)cc2cc(-c3ccc(F)cn3)cnc21. The van der Waals surface area contributed by atoms with Crippen LogP contribution < -0.4 is 10.9 Å². The molecule has 0 unspecified atom stereocenters. The van der Waals surface area contributed by atoms with Gasteiger partial charge in [0.25, 0.3) is 11.5 Å². The number of aromatic nitrogens is 3. The number of carbonyl (C=O) groups excluding carboxylic acids is 1. The average Bonchev–Trinajstić information content (AvgIpc) is 2.74. The average molecular weight is 394 g/mol. The minimum Gasteiger partial charge on any atom is -0.349 e. The minimum atomic E-state index is -0.413. The largest absolute Gasteiger partial charge is 0.349 e. The fraction of sp³-hybridized carbons (Fsp3) is 0.364. The van der Waals surface area contributed by atoms with Gasteiger partial charge in [-0.1, -0.05) is 19.3 Å². The van der Waals surface area contributed by atoms with E-state index in [9.17, 15) is 14.0 Å². The summed E-state index contributed by atoms with van der Waals surface area (Å²) in [6.45, 7) is 2.25. The van der Waals surface area contributed by atoms with Crippen LogP contribution in [0.5, 0.6) is 0 Å². The van der Waals surface area contributed by atoms with Gasteiger partial charge >= 0.3 is 0 Å². The number of fused-ring (bicyclic) bond motifs is 1. The predicted molar refractivity (Wildman–Crippen MR) is 109 cm³/mol. The van der Waals surface area contributed by atoms with E-state index in [1.807, 2.05) is 13.0 Å². The first kappa shape index (κ1) is 19.2. The highest BCUT2D eigenvalue weighted by Crippen LogP contribution is 2.22. The first-order chi connectivity index (χ1) is 14.1. The van der Waals surface area contributed by atoms with Crippen molar-refractivity contribution in [3.8, 4) is 11.3 Å². The maximum atomic E-state index is 13.2. The second kappa shape index (κ2) is 8.11. The maximum absolute atomic E-state index is 13.2. The molecule has 1 amide bonds. The highest BCUT2D eigenvalue weighted by Gasteiger charge is 2.21. The molecule has 1 N–H and O–H groups in total. The number of amides is 1. The fourth-order valence-electron chi connectivity index (χ4n) is 3.92. The molecule has 1 aliphatic carbocycles. The summed E-state index contributed by atoms with van der Waals surface area (Å²) < 4.78 is 14.7. The third-order valence-corrected chi connectivity index (χ3v) is 5.45. The van der Waals surface area contributed by atoms with E-state index in [1.54, 1.807) is 18.3 Å². The van der Waals surface area contributed by atoms with E-state index in [2.05, 4.69) is 15.3 Å². The monoisotopic (exact) mass is 394 g/mol. The number of hydrogen-bond acceptors (Lipinski definition) is 4. The van der Waals surface area contributed by atoms with Gasteiger partial charge in [-0.05, 0) is 44.0 Å². The Hall–Kier alpha value is -3.09. The predicted octanol–water partition coefficient (Wildman–Crippen LogP) is 3.68. The molecular weight excluding hydrogens is 371 g/mol. The van der Waals surface area contributed by atoms with Gasteiger partial charge in [0.05, 0.1) is 11.9 Å². The van der Waals surface area contributed by atoms with E-state index >= 15 is 0 Å². The van der Waals surface area contributed by atoms with E-state index in [-0.39, 0.29) is 23.1 Å². The lowest BCUT2D eigenvalue weighted by Crippen LogP contribution is -2.40. The molecule has 0 radical (unpaired) electrons. The third kappa shape index (κ3) is 3.90. The van der Waals surface area contributed by atoms with E-state index in [0.29, 0.717) is 28.8 Å². The zero-order chi connectivity index (χ0) is 20.4. The Balaban J connectivity index is 1.75. The molecule has 3 heterocycles. The summed E-state index contributed by atoms with van der Waals surface area (Å²) in [7, 11) is 0. The van der Waals surface area contributed by atoms with Gasteiger partial charge in [0, 0.05) is 29.7 Å². The molecule has 0 aliphatic heterocycles. The molecule has 1 fully saturated rings. The molecule has 0 spiro atoms. The van der Waals surface area contributed by atoms with Gasteiger partial charge in [-0.15, -0.1) is 0 Å². The first-order valence-electron chi connectivity index (χ1n) is 10.0. The lowest BCUT2D eigenvalue weighted by atomic mass is 9.95. The summed E-state index contributed by atoms with van der Waals surface area (Å²) in [5, 5.41) is 3.69. The van der Waals surface area contributed by atoms with Crippen LogP contribution in [0.25, 0.3) is 22.3 Å².